The number of anilines is 1. The summed E-state index contributed by atoms with van der Waals surface area (Å²) >= 11 is 0. The van der Waals surface area contributed by atoms with Gasteiger partial charge in [0, 0.05) is 24.8 Å². The highest BCUT2D eigenvalue weighted by Gasteiger charge is 2.06. The Labute approximate surface area is 106 Å². The van der Waals surface area contributed by atoms with Gasteiger partial charge in [0.15, 0.2) is 0 Å². The van der Waals surface area contributed by atoms with Crippen molar-refractivity contribution in [2.24, 2.45) is 5.73 Å². The molecule has 0 bridgehead atoms. The van der Waals surface area contributed by atoms with E-state index in [-0.39, 0.29) is 6.04 Å². The maximum atomic E-state index is 6.02. The molecule has 2 heteroatoms. The third-order valence-electron chi connectivity index (χ3n) is 3.29. The molecule has 0 aliphatic heterocycles. The smallest absolute Gasteiger partial charge is 0.0366 e. The zero-order valence-corrected chi connectivity index (χ0v) is 11.4. The van der Waals surface area contributed by atoms with Gasteiger partial charge in [-0.15, -0.1) is 0 Å². The van der Waals surface area contributed by atoms with Gasteiger partial charge >= 0.3 is 0 Å². The first-order chi connectivity index (χ1) is 8.22. The largest absolute Gasteiger partial charge is 0.372 e. The highest BCUT2D eigenvalue weighted by molar-refractivity contribution is 5.47. The molecule has 2 nitrogen and oxygen atoms in total. The Balaban J connectivity index is 2.70. The molecule has 2 N–H and O–H groups in total. The van der Waals surface area contributed by atoms with E-state index in [0.717, 1.165) is 19.5 Å². The summed E-state index contributed by atoms with van der Waals surface area (Å²) in [4.78, 5) is 2.42. The molecule has 0 aliphatic rings. The highest BCUT2D eigenvalue weighted by Crippen LogP contribution is 2.20. The Bertz CT molecular complexity index is 305. The lowest BCUT2D eigenvalue weighted by molar-refractivity contribution is 0.697. The number of nitrogens with two attached hydrogens (primary N) is 1. The second kappa shape index (κ2) is 7.33. The monoisotopic (exact) mass is 234 g/mol. The third kappa shape index (κ3) is 4.04. The van der Waals surface area contributed by atoms with Gasteiger partial charge in [-0.2, -0.15) is 0 Å². The minimum atomic E-state index is 0.176. The summed E-state index contributed by atoms with van der Waals surface area (Å²) < 4.78 is 0. The summed E-state index contributed by atoms with van der Waals surface area (Å²) in [5.74, 6) is 0. The first kappa shape index (κ1) is 14.0. The summed E-state index contributed by atoms with van der Waals surface area (Å²) in [6.45, 7) is 8.78. The number of hydrogen-bond donors (Lipinski definition) is 1. The molecule has 1 aromatic rings. The summed E-state index contributed by atoms with van der Waals surface area (Å²) in [6.07, 6.45) is 3.49. The van der Waals surface area contributed by atoms with Crippen molar-refractivity contribution in [2.45, 2.75) is 46.1 Å². The summed E-state index contributed by atoms with van der Waals surface area (Å²) in [5.41, 5.74) is 8.57. The van der Waals surface area contributed by atoms with Gasteiger partial charge in [-0.1, -0.05) is 32.4 Å². The zero-order chi connectivity index (χ0) is 12.7. The van der Waals surface area contributed by atoms with Gasteiger partial charge in [-0.05, 0) is 37.5 Å². The minimum Gasteiger partial charge on any atom is -0.372 e. The number of hydrogen-bond acceptors (Lipinski definition) is 2. The molecule has 1 atom stereocenters. The third-order valence-corrected chi connectivity index (χ3v) is 3.29. The maximum absolute atomic E-state index is 6.02. The summed E-state index contributed by atoms with van der Waals surface area (Å²) in [7, 11) is 0. The normalized spacial score (nSPS) is 12.5. The Morgan fingerprint density at radius 1 is 1.12 bits per heavy atom. The first-order valence-corrected chi connectivity index (χ1v) is 6.83. The average molecular weight is 234 g/mol. The predicted molar refractivity (Wildman–Crippen MR) is 76.5 cm³/mol. The molecule has 0 aromatic heterocycles. The van der Waals surface area contributed by atoms with E-state index in [4.69, 9.17) is 5.73 Å². The standard InChI is InChI=1S/C15H26N2/c1-4-7-12-17(6-3)14-10-8-13(9-11-14)15(16)5-2/h8-11,15H,4-7,12,16H2,1-3H3/t15-/m1/s1. The fraction of sp³-hybridized carbons (Fsp3) is 0.600. The number of nitrogens with zero attached hydrogens (tertiary/aromatic N) is 1. The molecule has 1 rings (SSSR count). The van der Waals surface area contributed by atoms with Crippen LogP contribution in [0.1, 0.15) is 51.6 Å². The van der Waals surface area contributed by atoms with Crippen LogP contribution in [0.25, 0.3) is 0 Å². The molecule has 0 radical (unpaired) electrons. The van der Waals surface area contributed by atoms with Crippen LogP contribution in [0.2, 0.25) is 0 Å². The van der Waals surface area contributed by atoms with Crippen molar-refractivity contribution in [2.75, 3.05) is 18.0 Å². The van der Waals surface area contributed by atoms with E-state index in [0.29, 0.717) is 0 Å². The lowest BCUT2D eigenvalue weighted by atomic mass is 10.1. The van der Waals surface area contributed by atoms with Gasteiger partial charge in [0.05, 0.1) is 0 Å². The van der Waals surface area contributed by atoms with Crippen LogP contribution in [0.15, 0.2) is 24.3 Å². The van der Waals surface area contributed by atoms with Crippen molar-refractivity contribution in [3.8, 4) is 0 Å². The van der Waals surface area contributed by atoms with Crippen molar-refractivity contribution in [3.63, 3.8) is 0 Å². The molecule has 0 saturated carbocycles. The van der Waals surface area contributed by atoms with E-state index >= 15 is 0 Å². The molecule has 0 fully saturated rings. The molecule has 0 saturated heterocycles. The van der Waals surface area contributed by atoms with Crippen LogP contribution in [0.3, 0.4) is 0 Å². The van der Waals surface area contributed by atoms with Gasteiger partial charge in [-0.3, -0.25) is 0 Å². The lowest BCUT2D eigenvalue weighted by Crippen LogP contribution is -2.23. The molecule has 96 valence electrons. The zero-order valence-electron chi connectivity index (χ0n) is 11.4. The Morgan fingerprint density at radius 2 is 1.76 bits per heavy atom. The van der Waals surface area contributed by atoms with Gasteiger partial charge in [0.1, 0.15) is 0 Å². The van der Waals surface area contributed by atoms with E-state index in [9.17, 15) is 0 Å². The van der Waals surface area contributed by atoms with Crippen LogP contribution in [0, 0.1) is 0 Å². The second-order valence-electron chi connectivity index (χ2n) is 4.54. The fourth-order valence-electron chi connectivity index (χ4n) is 1.99. The average Bonchev–Trinajstić information content (AvgIpc) is 2.39. The van der Waals surface area contributed by atoms with Crippen LogP contribution in [0.5, 0.6) is 0 Å². The molecule has 0 heterocycles. The summed E-state index contributed by atoms with van der Waals surface area (Å²) in [6, 6.07) is 8.90. The van der Waals surface area contributed by atoms with Gasteiger partial charge in [0.2, 0.25) is 0 Å². The van der Waals surface area contributed by atoms with E-state index < -0.39 is 0 Å². The Hall–Kier alpha value is -1.02. The number of benzene rings is 1. The van der Waals surface area contributed by atoms with Gasteiger partial charge in [-0.25, -0.2) is 0 Å². The van der Waals surface area contributed by atoms with Crippen molar-refractivity contribution in [1.82, 2.24) is 0 Å². The van der Waals surface area contributed by atoms with Crippen molar-refractivity contribution in [1.29, 1.82) is 0 Å². The topological polar surface area (TPSA) is 29.3 Å². The minimum absolute atomic E-state index is 0.176. The fourth-order valence-corrected chi connectivity index (χ4v) is 1.99. The quantitative estimate of drug-likeness (QED) is 0.779. The van der Waals surface area contributed by atoms with Crippen LogP contribution < -0.4 is 10.6 Å². The maximum Gasteiger partial charge on any atom is 0.0366 e. The van der Waals surface area contributed by atoms with Crippen LogP contribution >= 0.6 is 0 Å². The molecule has 0 amide bonds. The highest BCUT2D eigenvalue weighted by atomic mass is 15.1. The molecular formula is C15H26N2. The van der Waals surface area contributed by atoms with Crippen LogP contribution in [-0.4, -0.2) is 13.1 Å². The van der Waals surface area contributed by atoms with Crippen LogP contribution in [-0.2, 0) is 0 Å². The van der Waals surface area contributed by atoms with Crippen molar-refractivity contribution in [3.05, 3.63) is 29.8 Å². The van der Waals surface area contributed by atoms with Crippen molar-refractivity contribution >= 4 is 5.69 Å². The van der Waals surface area contributed by atoms with E-state index in [1.165, 1.54) is 24.1 Å². The van der Waals surface area contributed by atoms with E-state index in [1.54, 1.807) is 0 Å². The lowest BCUT2D eigenvalue weighted by Gasteiger charge is -2.23. The Kier molecular flexibility index (Phi) is 6.06. The first-order valence-electron chi connectivity index (χ1n) is 6.83. The van der Waals surface area contributed by atoms with Gasteiger partial charge in [0.25, 0.3) is 0 Å². The molecule has 1 aromatic carbocycles. The van der Waals surface area contributed by atoms with E-state index in [2.05, 4.69) is 49.9 Å². The second-order valence-corrected chi connectivity index (χ2v) is 4.54. The molecular weight excluding hydrogens is 208 g/mol. The molecule has 0 aliphatic carbocycles. The molecule has 0 spiro atoms. The van der Waals surface area contributed by atoms with E-state index in [1.807, 2.05) is 0 Å². The predicted octanol–water partition coefficient (Wildman–Crippen LogP) is 3.72. The summed E-state index contributed by atoms with van der Waals surface area (Å²) in [5, 5.41) is 0. The number of unbranched alkanes of at least 4 members (excludes halogenated alkanes) is 1. The number of rotatable bonds is 7. The van der Waals surface area contributed by atoms with Crippen molar-refractivity contribution < 1.29 is 0 Å². The SMILES string of the molecule is CCCCN(CC)c1ccc([C@H](N)CC)cc1. The Morgan fingerprint density at radius 3 is 2.24 bits per heavy atom. The molecule has 17 heavy (non-hydrogen) atoms. The van der Waals surface area contributed by atoms with Gasteiger partial charge < -0.3 is 10.6 Å². The molecule has 0 unspecified atom stereocenters. The van der Waals surface area contributed by atoms with Crippen LogP contribution in [0.4, 0.5) is 5.69 Å².